The smallest absolute Gasteiger partial charge is 0.0305 e. The fourth-order valence-corrected chi connectivity index (χ4v) is 2.64. The summed E-state index contributed by atoms with van der Waals surface area (Å²) in [4.78, 5) is 0. The average molecular weight is 347 g/mol. The molecule has 0 heteroatoms. The van der Waals surface area contributed by atoms with E-state index in [4.69, 9.17) is 0 Å². The van der Waals surface area contributed by atoms with E-state index in [9.17, 15) is 0 Å². The lowest BCUT2D eigenvalue weighted by atomic mass is 10.1. The van der Waals surface area contributed by atoms with Crippen molar-refractivity contribution in [3.63, 3.8) is 0 Å². The summed E-state index contributed by atoms with van der Waals surface area (Å²) in [5, 5.41) is 0. The Morgan fingerprint density at radius 3 is 1.50 bits per heavy atom. The van der Waals surface area contributed by atoms with Crippen molar-refractivity contribution in [1.29, 1.82) is 0 Å². The normalized spacial score (nSPS) is 9.46. The van der Waals surface area contributed by atoms with Crippen molar-refractivity contribution < 1.29 is 0 Å². The van der Waals surface area contributed by atoms with E-state index in [0.29, 0.717) is 0 Å². The Kier molecular flexibility index (Phi) is 10.1. The number of rotatable bonds is 2. The van der Waals surface area contributed by atoms with E-state index < -0.39 is 0 Å². The second-order valence-corrected chi connectivity index (χ2v) is 6.78. The lowest BCUT2D eigenvalue weighted by Crippen LogP contribution is -1.82. The van der Waals surface area contributed by atoms with Gasteiger partial charge < -0.3 is 0 Å². The summed E-state index contributed by atoms with van der Waals surface area (Å²) in [6.45, 7) is 12.8. The third-order valence-corrected chi connectivity index (χ3v) is 4.34. The Labute approximate surface area is 160 Å². The maximum Gasteiger partial charge on any atom is -0.0305 e. The molecule has 0 aliphatic carbocycles. The van der Waals surface area contributed by atoms with Gasteiger partial charge in [0, 0.05) is 0 Å². The van der Waals surface area contributed by atoms with Crippen LogP contribution in [-0.4, -0.2) is 0 Å². The van der Waals surface area contributed by atoms with Crippen LogP contribution in [0.2, 0.25) is 0 Å². The first-order valence-electron chi connectivity index (χ1n) is 9.59. The molecule has 0 atom stereocenters. The number of hydrogen-bond donors (Lipinski definition) is 0. The Morgan fingerprint density at radius 2 is 1.12 bits per heavy atom. The molecule has 0 saturated heterocycles. The van der Waals surface area contributed by atoms with Crippen LogP contribution in [0.1, 0.15) is 47.2 Å². The zero-order valence-corrected chi connectivity index (χ0v) is 17.3. The van der Waals surface area contributed by atoms with Crippen molar-refractivity contribution in [2.75, 3.05) is 0 Å². The monoisotopic (exact) mass is 346 g/mol. The SMILES string of the molecule is CCc1ccc(C)cc1.CCc1ccccc1C.Cc1cccc(C)c1. The highest BCUT2D eigenvalue weighted by molar-refractivity contribution is 5.25. The molecule has 0 aromatic heterocycles. The van der Waals surface area contributed by atoms with Crippen molar-refractivity contribution in [2.24, 2.45) is 0 Å². The van der Waals surface area contributed by atoms with E-state index in [-0.39, 0.29) is 0 Å². The highest BCUT2D eigenvalue weighted by atomic mass is 14.0. The summed E-state index contributed by atoms with van der Waals surface area (Å²) in [6.07, 6.45) is 2.28. The highest BCUT2D eigenvalue weighted by Gasteiger charge is 1.89. The fraction of sp³-hybridized carbons (Fsp3) is 0.308. The molecule has 0 N–H and O–H groups in total. The molecule has 3 aromatic rings. The minimum Gasteiger partial charge on any atom is -0.0620 e. The highest BCUT2D eigenvalue weighted by Crippen LogP contribution is 2.06. The molecule has 0 amide bonds. The lowest BCUT2D eigenvalue weighted by Gasteiger charge is -1.98. The third kappa shape index (κ3) is 8.67. The van der Waals surface area contributed by atoms with Crippen molar-refractivity contribution in [1.82, 2.24) is 0 Å². The summed E-state index contributed by atoms with van der Waals surface area (Å²) in [7, 11) is 0. The number of hydrogen-bond acceptors (Lipinski definition) is 0. The molecule has 0 aliphatic rings. The summed E-state index contributed by atoms with van der Waals surface area (Å²) in [5.41, 5.74) is 8.29. The molecular formula is C26H34. The minimum atomic E-state index is 1.14. The molecule has 0 bridgehead atoms. The van der Waals surface area contributed by atoms with E-state index in [0.717, 1.165) is 12.8 Å². The molecule has 138 valence electrons. The Bertz CT molecular complexity index is 734. The molecular weight excluding hydrogens is 312 g/mol. The first kappa shape index (κ1) is 21.7. The van der Waals surface area contributed by atoms with Crippen LogP contribution in [0.25, 0.3) is 0 Å². The van der Waals surface area contributed by atoms with E-state index in [1.165, 1.54) is 33.4 Å². The molecule has 0 spiro atoms. The van der Waals surface area contributed by atoms with Gasteiger partial charge in [0.15, 0.2) is 0 Å². The van der Waals surface area contributed by atoms with Gasteiger partial charge in [-0.25, -0.2) is 0 Å². The van der Waals surface area contributed by atoms with Gasteiger partial charge >= 0.3 is 0 Å². The van der Waals surface area contributed by atoms with Crippen LogP contribution in [0.4, 0.5) is 0 Å². The zero-order valence-electron chi connectivity index (χ0n) is 17.3. The molecule has 3 rings (SSSR count). The van der Waals surface area contributed by atoms with Gasteiger partial charge in [-0.3, -0.25) is 0 Å². The number of aryl methyl sites for hydroxylation is 6. The quantitative estimate of drug-likeness (QED) is 0.453. The van der Waals surface area contributed by atoms with Crippen molar-refractivity contribution in [3.05, 3.63) is 106 Å². The van der Waals surface area contributed by atoms with Crippen LogP contribution in [0, 0.1) is 27.7 Å². The molecule has 0 unspecified atom stereocenters. The van der Waals surface area contributed by atoms with Gasteiger partial charge in [0.25, 0.3) is 0 Å². The van der Waals surface area contributed by atoms with Crippen LogP contribution in [0.5, 0.6) is 0 Å². The molecule has 0 aliphatic heterocycles. The molecule has 0 nitrogen and oxygen atoms in total. The van der Waals surface area contributed by atoms with E-state index in [2.05, 4.69) is 114 Å². The maximum absolute atomic E-state index is 2.18. The van der Waals surface area contributed by atoms with Crippen molar-refractivity contribution >= 4 is 0 Å². The summed E-state index contributed by atoms with van der Waals surface area (Å²) < 4.78 is 0. The van der Waals surface area contributed by atoms with E-state index >= 15 is 0 Å². The summed E-state index contributed by atoms with van der Waals surface area (Å²) >= 11 is 0. The topological polar surface area (TPSA) is 0 Å². The molecule has 0 radical (unpaired) electrons. The average Bonchev–Trinajstić information content (AvgIpc) is 2.64. The maximum atomic E-state index is 2.18. The second kappa shape index (κ2) is 12.1. The molecule has 3 aromatic carbocycles. The van der Waals surface area contributed by atoms with Crippen LogP contribution in [0.3, 0.4) is 0 Å². The van der Waals surface area contributed by atoms with Gasteiger partial charge in [0.1, 0.15) is 0 Å². The van der Waals surface area contributed by atoms with Crippen LogP contribution in [0.15, 0.2) is 72.8 Å². The zero-order chi connectivity index (χ0) is 19.4. The van der Waals surface area contributed by atoms with Crippen molar-refractivity contribution in [3.8, 4) is 0 Å². The van der Waals surface area contributed by atoms with Gasteiger partial charge in [-0.2, -0.15) is 0 Å². The Morgan fingerprint density at radius 1 is 0.538 bits per heavy atom. The molecule has 0 saturated carbocycles. The Hall–Kier alpha value is -2.34. The summed E-state index contributed by atoms with van der Waals surface area (Å²) in [6, 6.07) is 25.6. The standard InChI is InChI=1S/2C9H12.C8H10/c1-3-9-6-4-8(2)5-7-9;1-3-9-7-5-4-6-8(9)2;1-7-4-3-5-8(2)6-7/h2*4-7H,3H2,1-2H3;3-6H,1-2H3. The molecule has 0 heterocycles. The van der Waals surface area contributed by atoms with E-state index in [1.807, 2.05) is 0 Å². The summed E-state index contributed by atoms with van der Waals surface area (Å²) in [5.74, 6) is 0. The van der Waals surface area contributed by atoms with Gasteiger partial charge in [-0.15, -0.1) is 0 Å². The van der Waals surface area contributed by atoms with Crippen LogP contribution in [-0.2, 0) is 12.8 Å². The molecule has 0 fully saturated rings. The first-order chi connectivity index (χ1) is 12.5. The predicted octanol–water partition coefficient (Wildman–Crippen LogP) is 7.42. The largest absolute Gasteiger partial charge is 0.0620 e. The first-order valence-corrected chi connectivity index (χ1v) is 9.59. The lowest BCUT2D eigenvalue weighted by molar-refractivity contribution is 1.11. The van der Waals surface area contributed by atoms with Crippen LogP contribution < -0.4 is 0 Å². The van der Waals surface area contributed by atoms with E-state index in [1.54, 1.807) is 0 Å². The Balaban J connectivity index is 0.000000195. The predicted molar refractivity (Wildman–Crippen MR) is 117 cm³/mol. The molecule has 26 heavy (non-hydrogen) atoms. The van der Waals surface area contributed by atoms with Crippen molar-refractivity contribution in [2.45, 2.75) is 54.4 Å². The fourth-order valence-electron chi connectivity index (χ4n) is 2.64. The van der Waals surface area contributed by atoms with Gasteiger partial charge in [0.05, 0.1) is 0 Å². The van der Waals surface area contributed by atoms with Gasteiger partial charge in [0.2, 0.25) is 0 Å². The third-order valence-electron chi connectivity index (χ3n) is 4.34. The van der Waals surface area contributed by atoms with Gasteiger partial charge in [-0.1, -0.05) is 103 Å². The number of benzene rings is 3. The second-order valence-electron chi connectivity index (χ2n) is 6.78. The van der Waals surface area contributed by atoms with Gasteiger partial charge in [-0.05, 0) is 57.2 Å². The van der Waals surface area contributed by atoms with Crippen LogP contribution >= 0.6 is 0 Å². The minimum absolute atomic E-state index is 1.14.